The van der Waals surface area contributed by atoms with E-state index in [1.165, 1.54) is 23.1 Å². The van der Waals surface area contributed by atoms with Crippen LogP contribution in [0.5, 0.6) is 0 Å². The zero-order valence-corrected chi connectivity index (χ0v) is 14.0. The van der Waals surface area contributed by atoms with Crippen LogP contribution in [0.1, 0.15) is 59.9 Å². The average molecular weight is 319 g/mol. The number of benzene rings is 1. The summed E-state index contributed by atoms with van der Waals surface area (Å²) in [5.41, 5.74) is 6.64. The molecule has 4 nitrogen and oxygen atoms in total. The van der Waals surface area contributed by atoms with Gasteiger partial charge in [-0.3, -0.25) is 0 Å². The van der Waals surface area contributed by atoms with E-state index in [2.05, 4.69) is 31.3 Å². The number of allylic oxidation sites excluding steroid dienone is 1. The molecule has 2 aliphatic rings. The third kappa shape index (κ3) is 2.65. The van der Waals surface area contributed by atoms with Crippen molar-refractivity contribution in [1.82, 2.24) is 9.78 Å². The molecule has 2 aromatic rings. The highest BCUT2D eigenvalue weighted by molar-refractivity contribution is 5.83. The number of ether oxygens (including phenoxy) is 1. The van der Waals surface area contributed by atoms with E-state index in [4.69, 9.17) is 15.1 Å². The molecule has 1 atom stereocenters. The predicted octanol–water partition coefficient (Wildman–Crippen LogP) is 4.14. The molecule has 122 valence electrons. The van der Waals surface area contributed by atoms with Crippen LogP contribution in [0.2, 0.25) is 0 Å². The molecule has 0 bridgehead atoms. The highest BCUT2D eigenvalue weighted by Gasteiger charge is 2.23. The fourth-order valence-electron chi connectivity index (χ4n) is 3.67. The fraction of sp³-hybridized carbons (Fsp3) is 0.400. The third-order valence-electron chi connectivity index (χ3n) is 4.92. The first-order valence-corrected chi connectivity index (χ1v) is 8.67. The Balaban J connectivity index is 1.71. The Morgan fingerprint density at radius 1 is 1.29 bits per heavy atom. The van der Waals surface area contributed by atoms with Crippen molar-refractivity contribution < 1.29 is 4.74 Å². The molecule has 0 saturated carbocycles. The van der Waals surface area contributed by atoms with E-state index in [0.717, 1.165) is 43.5 Å². The number of nitriles is 1. The minimum atomic E-state index is 0.0765. The number of aryl methyl sites for hydroxylation is 2. The highest BCUT2D eigenvalue weighted by atomic mass is 16.5. The average Bonchev–Trinajstić information content (AvgIpc) is 3.07. The van der Waals surface area contributed by atoms with Crippen LogP contribution < -0.4 is 0 Å². The number of aromatic nitrogens is 2. The summed E-state index contributed by atoms with van der Waals surface area (Å²) < 4.78 is 7.90. The van der Waals surface area contributed by atoms with Gasteiger partial charge in [0.15, 0.2) is 0 Å². The Bertz CT molecular complexity index is 835. The summed E-state index contributed by atoms with van der Waals surface area (Å²) in [7, 11) is 0. The zero-order valence-electron chi connectivity index (χ0n) is 14.0. The van der Waals surface area contributed by atoms with Gasteiger partial charge in [0.2, 0.25) is 0 Å². The Kier molecular flexibility index (Phi) is 3.95. The Labute approximate surface area is 142 Å². The lowest BCUT2D eigenvalue weighted by molar-refractivity contribution is -0.0396. The maximum Gasteiger partial charge on any atom is 0.150 e. The molecule has 1 aliphatic heterocycles. The normalized spacial score (nSPS) is 20.2. The largest absolute Gasteiger partial charge is 0.357 e. The molecular weight excluding hydrogens is 298 g/mol. The number of nitrogens with zero attached hydrogens (tertiary/aromatic N) is 3. The summed E-state index contributed by atoms with van der Waals surface area (Å²) in [6, 6.07) is 8.12. The first kappa shape index (κ1) is 15.2. The second kappa shape index (κ2) is 6.26. The van der Waals surface area contributed by atoms with Crippen molar-refractivity contribution in [3.8, 4) is 6.07 Å². The summed E-state index contributed by atoms with van der Waals surface area (Å²) in [6.45, 7) is 2.90. The quantitative estimate of drug-likeness (QED) is 0.836. The molecule has 4 rings (SSSR count). The van der Waals surface area contributed by atoms with Crippen LogP contribution in [0, 0.1) is 18.3 Å². The summed E-state index contributed by atoms with van der Waals surface area (Å²) in [4.78, 5) is 0. The smallest absolute Gasteiger partial charge is 0.150 e. The fourth-order valence-corrected chi connectivity index (χ4v) is 3.67. The lowest BCUT2D eigenvalue weighted by Crippen LogP contribution is -2.18. The number of fused-ring (bicyclic) bond motifs is 1. The minimum Gasteiger partial charge on any atom is -0.357 e. The van der Waals surface area contributed by atoms with Gasteiger partial charge < -0.3 is 4.74 Å². The summed E-state index contributed by atoms with van der Waals surface area (Å²) >= 11 is 0. The van der Waals surface area contributed by atoms with Gasteiger partial charge in [0.1, 0.15) is 6.23 Å². The van der Waals surface area contributed by atoms with Crippen LogP contribution in [0.3, 0.4) is 0 Å². The first-order chi connectivity index (χ1) is 11.8. The highest BCUT2D eigenvalue weighted by Crippen LogP contribution is 2.34. The van der Waals surface area contributed by atoms with Gasteiger partial charge in [0, 0.05) is 18.4 Å². The van der Waals surface area contributed by atoms with E-state index in [-0.39, 0.29) is 6.23 Å². The molecule has 1 aromatic heterocycles. The zero-order chi connectivity index (χ0) is 16.5. The molecule has 0 radical (unpaired) electrons. The molecular formula is C20H21N3O. The molecule has 1 aromatic carbocycles. The molecule has 1 saturated heterocycles. The van der Waals surface area contributed by atoms with Gasteiger partial charge in [-0.25, -0.2) is 4.68 Å². The van der Waals surface area contributed by atoms with Crippen molar-refractivity contribution >= 4 is 5.57 Å². The Hall–Kier alpha value is -2.38. The molecule has 24 heavy (non-hydrogen) atoms. The summed E-state index contributed by atoms with van der Waals surface area (Å²) in [6.07, 6.45) is 9.89. The number of rotatable bonds is 2. The van der Waals surface area contributed by atoms with Crippen molar-refractivity contribution in [2.75, 3.05) is 6.61 Å². The number of hydrogen-bond acceptors (Lipinski definition) is 3. The monoisotopic (exact) mass is 319 g/mol. The Morgan fingerprint density at radius 2 is 2.21 bits per heavy atom. The SMILES string of the molecule is Cc1cc(C#N)ccc1C1=CCCc2nn(C3CCCCO3)cc21. The predicted molar refractivity (Wildman–Crippen MR) is 92.4 cm³/mol. The molecule has 1 unspecified atom stereocenters. The maximum atomic E-state index is 9.08. The molecule has 2 heterocycles. The summed E-state index contributed by atoms with van der Waals surface area (Å²) in [5, 5.41) is 13.9. The van der Waals surface area contributed by atoms with E-state index in [0.29, 0.717) is 5.56 Å². The number of hydrogen-bond donors (Lipinski definition) is 0. The van der Waals surface area contributed by atoms with Crippen molar-refractivity contribution in [2.45, 2.75) is 45.3 Å². The minimum absolute atomic E-state index is 0.0765. The lowest BCUT2D eigenvalue weighted by Gasteiger charge is -2.22. The standard InChI is InChI=1S/C20H21N3O/c1-14-11-15(12-21)8-9-16(14)17-5-4-6-19-18(17)13-23(22-19)20-7-2-3-10-24-20/h5,8-9,11,13,20H,2-4,6-7,10H2,1H3. The van der Waals surface area contributed by atoms with Gasteiger partial charge in [-0.15, -0.1) is 0 Å². The molecule has 1 fully saturated rings. The van der Waals surface area contributed by atoms with E-state index in [1.807, 2.05) is 16.8 Å². The van der Waals surface area contributed by atoms with Gasteiger partial charge in [0.25, 0.3) is 0 Å². The van der Waals surface area contributed by atoms with Crippen LogP contribution in [-0.2, 0) is 11.2 Å². The first-order valence-electron chi connectivity index (χ1n) is 8.67. The van der Waals surface area contributed by atoms with Crippen molar-refractivity contribution in [3.05, 3.63) is 58.4 Å². The third-order valence-corrected chi connectivity index (χ3v) is 4.92. The molecule has 4 heteroatoms. The topological polar surface area (TPSA) is 50.8 Å². The van der Waals surface area contributed by atoms with Crippen molar-refractivity contribution in [1.29, 1.82) is 5.26 Å². The van der Waals surface area contributed by atoms with E-state index in [1.54, 1.807) is 0 Å². The van der Waals surface area contributed by atoms with Gasteiger partial charge in [0.05, 0.1) is 17.3 Å². The van der Waals surface area contributed by atoms with Crippen LogP contribution in [0.25, 0.3) is 5.57 Å². The van der Waals surface area contributed by atoms with Crippen molar-refractivity contribution in [2.24, 2.45) is 0 Å². The van der Waals surface area contributed by atoms with E-state index >= 15 is 0 Å². The second-order valence-corrected chi connectivity index (χ2v) is 6.59. The van der Waals surface area contributed by atoms with Crippen LogP contribution in [0.4, 0.5) is 0 Å². The van der Waals surface area contributed by atoms with Crippen LogP contribution in [0.15, 0.2) is 30.5 Å². The maximum absolute atomic E-state index is 9.08. The summed E-state index contributed by atoms with van der Waals surface area (Å²) in [5.74, 6) is 0. The molecule has 1 aliphatic carbocycles. The van der Waals surface area contributed by atoms with Gasteiger partial charge in [-0.05, 0) is 67.9 Å². The van der Waals surface area contributed by atoms with Gasteiger partial charge >= 0.3 is 0 Å². The Morgan fingerprint density at radius 3 is 2.96 bits per heavy atom. The van der Waals surface area contributed by atoms with E-state index < -0.39 is 0 Å². The molecule has 0 spiro atoms. The van der Waals surface area contributed by atoms with Crippen LogP contribution in [-0.4, -0.2) is 16.4 Å². The van der Waals surface area contributed by atoms with Crippen molar-refractivity contribution in [3.63, 3.8) is 0 Å². The van der Waals surface area contributed by atoms with Gasteiger partial charge in [-0.1, -0.05) is 12.1 Å². The molecule has 0 N–H and O–H groups in total. The van der Waals surface area contributed by atoms with Gasteiger partial charge in [-0.2, -0.15) is 10.4 Å². The van der Waals surface area contributed by atoms with E-state index in [9.17, 15) is 0 Å². The molecule has 0 amide bonds. The van der Waals surface area contributed by atoms with Crippen LogP contribution >= 0.6 is 0 Å². The lowest BCUT2D eigenvalue weighted by atomic mass is 9.89. The second-order valence-electron chi connectivity index (χ2n) is 6.59.